The second-order valence-electron chi connectivity index (χ2n) is 3.39. The maximum absolute atomic E-state index is 13.4. The maximum Gasteiger partial charge on any atom is 0.245 e. The Labute approximate surface area is 113 Å². The summed E-state index contributed by atoms with van der Waals surface area (Å²) >= 11 is 2.93. The van der Waals surface area contributed by atoms with Gasteiger partial charge < -0.3 is 4.74 Å². The monoisotopic (exact) mass is 336 g/mol. The summed E-state index contributed by atoms with van der Waals surface area (Å²) in [6.07, 6.45) is 0. The average Bonchev–Trinajstić information content (AvgIpc) is 2.31. The number of hydrogen-bond acceptors (Lipinski definition) is 4. The molecule has 0 aliphatic carbocycles. The zero-order chi connectivity index (χ0) is 13.9. The van der Waals surface area contributed by atoms with Gasteiger partial charge in [-0.25, -0.2) is 12.8 Å². The number of nitriles is 1. The van der Waals surface area contributed by atoms with E-state index >= 15 is 0 Å². The van der Waals surface area contributed by atoms with Crippen molar-refractivity contribution in [3.05, 3.63) is 22.4 Å². The quantitative estimate of drug-likeness (QED) is 0.908. The highest BCUT2D eigenvalue weighted by Crippen LogP contribution is 2.29. The van der Waals surface area contributed by atoms with E-state index in [-0.39, 0.29) is 15.1 Å². The van der Waals surface area contributed by atoms with Gasteiger partial charge in [0.1, 0.15) is 22.5 Å². The lowest BCUT2D eigenvalue weighted by atomic mass is 10.3. The standard InChI is InChI=1S/C10H10BrFN2O3S/c1-6(5-13)14-18(15,16)10-4-8(12)7(11)3-9(10)17-2/h3-4,6,14H,1-2H3. The van der Waals surface area contributed by atoms with Gasteiger partial charge in [0, 0.05) is 0 Å². The number of nitrogens with one attached hydrogen (secondary N) is 1. The second-order valence-corrected chi connectivity index (χ2v) is 5.93. The zero-order valence-corrected chi connectivity index (χ0v) is 12.0. The fourth-order valence-electron chi connectivity index (χ4n) is 1.20. The highest BCUT2D eigenvalue weighted by molar-refractivity contribution is 9.10. The normalized spacial score (nSPS) is 12.8. The first kappa shape index (κ1) is 14.9. The summed E-state index contributed by atoms with van der Waals surface area (Å²) in [6, 6.07) is 2.83. The van der Waals surface area contributed by atoms with E-state index < -0.39 is 21.9 Å². The molecule has 0 saturated carbocycles. The minimum Gasteiger partial charge on any atom is -0.495 e. The minimum atomic E-state index is -4.01. The Morgan fingerprint density at radius 1 is 1.56 bits per heavy atom. The van der Waals surface area contributed by atoms with Crippen LogP contribution in [0.15, 0.2) is 21.5 Å². The number of halogens is 2. The molecule has 0 aliphatic rings. The third-order valence-electron chi connectivity index (χ3n) is 2.02. The van der Waals surface area contributed by atoms with Gasteiger partial charge in [-0.2, -0.15) is 9.98 Å². The summed E-state index contributed by atoms with van der Waals surface area (Å²) in [7, 11) is -2.74. The first-order chi connectivity index (χ1) is 8.31. The van der Waals surface area contributed by atoms with E-state index in [4.69, 9.17) is 10.00 Å². The molecule has 1 N–H and O–H groups in total. The largest absolute Gasteiger partial charge is 0.495 e. The smallest absolute Gasteiger partial charge is 0.245 e. The summed E-state index contributed by atoms with van der Waals surface area (Å²) < 4.78 is 44.3. The fraction of sp³-hybridized carbons (Fsp3) is 0.300. The predicted octanol–water partition coefficient (Wildman–Crippen LogP) is 1.79. The Balaban J connectivity index is 3.32. The van der Waals surface area contributed by atoms with E-state index in [9.17, 15) is 12.8 Å². The summed E-state index contributed by atoms with van der Waals surface area (Å²) in [5.41, 5.74) is 0. The number of ether oxygens (including phenoxy) is 1. The lowest BCUT2D eigenvalue weighted by Crippen LogP contribution is -2.31. The molecule has 8 heteroatoms. The average molecular weight is 337 g/mol. The van der Waals surface area contributed by atoms with Gasteiger partial charge >= 0.3 is 0 Å². The molecule has 1 unspecified atom stereocenters. The maximum atomic E-state index is 13.4. The van der Waals surface area contributed by atoms with Crippen LogP contribution in [0, 0.1) is 17.1 Å². The van der Waals surface area contributed by atoms with Crippen molar-refractivity contribution in [2.75, 3.05) is 7.11 Å². The molecule has 0 amide bonds. The molecular formula is C10H10BrFN2O3S. The summed E-state index contributed by atoms with van der Waals surface area (Å²) in [5, 5.41) is 8.58. The fourth-order valence-corrected chi connectivity index (χ4v) is 2.84. The molecule has 5 nitrogen and oxygen atoms in total. The Hall–Kier alpha value is -1.17. The van der Waals surface area contributed by atoms with Gasteiger partial charge in [0.05, 0.1) is 17.7 Å². The molecule has 1 aromatic rings. The van der Waals surface area contributed by atoms with Crippen LogP contribution >= 0.6 is 15.9 Å². The molecule has 0 aromatic heterocycles. The third-order valence-corrected chi connectivity index (χ3v) is 4.19. The van der Waals surface area contributed by atoms with Crippen LogP contribution in [0.25, 0.3) is 0 Å². The van der Waals surface area contributed by atoms with Crippen LogP contribution in [-0.2, 0) is 10.0 Å². The Morgan fingerprint density at radius 2 is 2.17 bits per heavy atom. The van der Waals surface area contributed by atoms with Crippen molar-refractivity contribution in [2.45, 2.75) is 17.9 Å². The van der Waals surface area contributed by atoms with Crippen molar-refractivity contribution < 1.29 is 17.5 Å². The molecule has 98 valence electrons. The van der Waals surface area contributed by atoms with Crippen LogP contribution in [0.1, 0.15) is 6.92 Å². The Kier molecular flexibility index (Phi) is 4.67. The van der Waals surface area contributed by atoms with Gasteiger partial charge in [-0.05, 0) is 35.0 Å². The number of benzene rings is 1. The van der Waals surface area contributed by atoms with Gasteiger partial charge in [0.15, 0.2) is 0 Å². The number of rotatable bonds is 4. The molecule has 0 saturated heterocycles. The lowest BCUT2D eigenvalue weighted by Gasteiger charge is -2.12. The highest BCUT2D eigenvalue weighted by Gasteiger charge is 2.23. The van der Waals surface area contributed by atoms with E-state index in [0.717, 1.165) is 6.07 Å². The Bertz CT molecular complexity index is 598. The number of sulfonamides is 1. The molecule has 1 atom stereocenters. The topological polar surface area (TPSA) is 79.2 Å². The van der Waals surface area contributed by atoms with Crippen LogP contribution in [0.2, 0.25) is 0 Å². The summed E-state index contributed by atoms with van der Waals surface area (Å²) in [4.78, 5) is -0.354. The minimum absolute atomic E-state index is 0.0130. The van der Waals surface area contributed by atoms with Crippen molar-refractivity contribution in [2.24, 2.45) is 0 Å². The Morgan fingerprint density at radius 3 is 2.67 bits per heavy atom. The predicted molar refractivity (Wildman–Crippen MR) is 66.0 cm³/mol. The first-order valence-corrected chi connectivity index (χ1v) is 7.04. The van der Waals surface area contributed by atoms with E-state index in [2.05, 4.69) is 20.7 Å². The zero-order valence-electron chi connectivity index (χ0n) is 9.57. The van der Waals surface area contributed by atoms with E-state index in [1.165, 1.54) is 20.1 Å². The molecule has 1 aromatic carbocycles. The van der Waals surface area contributed by atoms with Crippen molar-refractivity contribution in [3.63, 3.8) is 0 Å². The van der Waals surface area contributed by atoms with Crippen LogP contribution in [0.4, 0.5) is 4.39 Å². The molecular weight excluding hydrogens is 327 g/mol. The van der Waals surface area contributed by atoms with Gasteiger partial charge in [0.25, 0.3) is 0 Å². The molecule has 0 aliphatic heterocycles. The van der Waals surface area contributed by atoms with Crippen molar-refractivity contribution in [1.29, 1.82) is 5.26 Å². The van der Waals surface area contributed by atoms with E-state index in [0.29, 0.717) is 0 Å². The highest BCUT2D eigenvalue weighted by atomic mass is 79.9. The molecule has 0 heterocycles. The van der Waals surface area contributed by atoms with Gasteiger partial charge in [-0.3, -0.25) is 0 Å². The van der Waals surface area contributed by atoms with Crippen LogP contribution in [0.3, 0.4) is 0 Å². The molecule has 18 heavy (non-hydrogen) atoms. The van der Waals surface area contributed by atoms with Crippen LogP contribution in [0.5, 0.6) is 5.75 Å². The van der Waals surface area contributed by atoms with Crippen molar-refractivity contribution in [1.82, 2.24) is 4.72 Å². The molecule has 1 rings (SSSR count). The number of nitrogens with zero attached hydrogens (tertiary/aromatic N) is 1. The first-order valence-electron chi connectivity index (χ1n) is 4.76. The van der Waals surface area contributed by atoms with Crippen LogP contribution in [-0.4, -0.2) is 21.6 Å². The summed E-state index contributed by atoms with van der Waals surface area (Å²) in [5.74, 6) is -0.748. The molecule has 0 bridgehead atoms. The van der Waals surface area contributed by atoms with Crippen molar-refractivity contribution in [3.8, 4) is 11.8 Å². The van der Waals surface area contributed by atoms with E-state index in [1.54, 1.807) is 6.07 Å². The second kappa shape index (κ2) is 5.65. The lowest BCUT2D eigenvalue weighted by molar-refractivity contribution is 0.400. The van der Waals surface area contributed by atoms with Crippen molar-refractivity contribution >= 4 is 26.0 Å². The number of methoxy groups -OCH3 is 1. The van der Waals surface area contributed by atoms with Gasteiger partial charge in [0.2, 0.25) is 10.0 Å². The molecule has 0 radical (unpaired) electrons. The SMILES string of the molecule is COc1cc(Br)c(F)cc1S(=O)(=O)NC(C)C#N. The van der Waals surface area contributed by atoms with Gasteiger partial charge in [-0.15, -0.1) is 0 Å². The summed E-state index contributed by atoms with van der Waals surface area (Å²) in [6.45, 7) is 1.37. The molecule has 0 fully saturated rings. The van der Waals surface area contributed by atoms with Crippen LogP contribution < -0.4 is 9.46 Å². The number of hydrogen-bond donors (Lipinski definition) is 1. The van der Waals surface area contributed by atoms with Gasteiger partial charge in [-0.1, -0.05) is 0 Å². The van der Waals surface area contributed by atoms with E-state index in [1.807, 2.05) is 0 Å². The third kappa shape index (κ3) is 3.19. The molecule has 0 spiro atoms.